The van der Waals surface area contributed by atoms with Crippen molar-refractivity contribution < 1.29 is 33.7 Å². The van der Waals surface area contributed by atoms with Gasteiger partial charge in [0, 0.05) is 0 Å². The normalized spacial score (nSPS) is 15.3. The third-order valence-corrected chi connectivity index (χ3v) is 9.53. The van der Waals surface area contributed by atoms with Crippen LogP contribution >= 0.6 is 0 Å². The minimum atomic E-state index is -6.09. The minimum absolute atomic E-state index is 0.596. The first-order valence-corrected chi connectivity index (χ1v) is 16.5. The molecular weight excluding hydrogens is 592 g/mol. The molecule has 0 N–H and O–H groups in total. The fourth-order valence-corrected chi connectivity index (χ4v) is 6.72. The van der Waals surface area contributed by atoms with Crippen LogP contribution in [0, 0.1) is 0 Å². The van der Waals surface area contributed by atoms with Crippen LogP contribution in [0.4, 0.5) is 13.2 Å². The van der Waals surface area contributed by atoms with Crippen LogP contribution < -0.4 is 7.58 Å². The van der Waals surface area contributed by atoms with Gasteiger partial charge in [-0.3, -0.25) is 0 Å². The Morgan fingerprint density at radius 3 is 1.12 bits per heavy atom. The second-order valence-electron chi connectivity index (χ2n) is 11.0. The van der Waals surface area contributed by atoms with Crippen molar-refractivity contribution in [2.45, 2.75) is 56.9 Å². The van der Waals surface area contributed by atoms with Crippen LogP contribution in [0.3, 0.4) is 0 Å². The molecule has 0 amide bonds. The zero-order valence-electron chi connectivity index (χ0n) is 23.2. The van der Waals surface area contributed by atoms with Gasteiger partial charge < -0.3 is 4.55 Å². The van der Waals surface area contributed by atoms with Crippen LogP contribution in [0.15, 0.2) is 72.8 Å². The number of aryl methyl sites for hydroxylation is 8. The maximum absolute atomic E-state index is 10.7. The van der Waals surface area contributed by atoms with E-state index in [9.17, 15) is 13.2 Å². The standard InChI is InChI=1S/C32H30O2.CHF3O3S.Al/c33-31-27-15-11-23-5-1-21(2-6-23)9-13-25(17-19-27)29(31)30-26-14-10-22-3-7-24(8-4-22)12-16-28(20-18-26)32(30)34;2-1(3,4)8(5,6)7;/h1-8,17-20,33-34H,9-16H2;(H,5,6,7);/q;;+3/p-3. The predicted molar refractivity (Wildman–Crippen MR) is 157 cm³/mol. The topological polar surface area (TPSA) is 75.7 Å². The van der Waals surface area contributed by atoms with Crippen LogP contribution in [0.5, 0.6) is 11.5 Å². The van der Waals surface area contributed by atoms with Gasteiger partial charge in [0.15, 0.2) is 10.1 Å². The van der Waals surface area contributed by atoms with E-state index in [0.717, 1.165) is 62.9 Å². The average molecular weight is 621 g/mol. The van der Waals surface area contributed by atoms with Crippen molar-refractivity contribution in [3.63, 3.8) is 0 Å². The molecule has 1 aliphatic heterocycles. The Bertz CT molecular complexity index is 1640. The van der Waals surface area contributed by atoms with Gasteiger partial charge in [-0.2, -0.15) is 13.2 Å². The Morgan fingerprint density at radius 1 is 0.535 bits per heavy atom. The van der Waals surface area contributed by atoms with E-state index in [0.29, 0.717) is 0 Å². The first kappa shape index (κ1) is 29.8. The molecule has 13 rings (SSSR count). The van der Waals surface area contributed by atoms with Crippen molar-refractivity contribution >= 4 is 26.0 Å². The number of benzene rings is 4. The number of hydrogen-bond donors (Lipinski definition) is 0. The quantitative estimate of drug-likeness (QED) is 0.128. The fourth-order valence-electron chi connectivity index (χ4n) is 5.94. The van der Waals surface area contributed by atoms with Crippen LogP contribution in [0.2, 0.25) is 0 Å². The van der Waals surface area contributed by atoms with Crippen LogP contribution in [-0.4, -0.2) is 34.4 Å². The van der Waals surface area contributed by atoms with Crippen LogP contribution in [0.25, 0.3) is 11.1 Å². The van der Waals surface area contributed by atoms with E-state index in [-0.39, 0.29) is 0 Å². The first-order valence-electron chi connectivity index (χ1n) is 14.2. The number of rotatable bonds is 0. The van der Waals surface area contributed by atoms with Crippen molar-refractivity contribution in [1.29, 1.82) is 0 Å². The molecule has 0 aromatic heterocycles. The van der Waals surface area contributed by atoms with Gasteiger partial charge in [0.1, 0.15) is 0 Å². The molecule has 8 bridgehead atoms. The van der Waals surface area contributed by atoms with E-state index in [1.54, 1.807) is 0 Å². The molecule has 4 aromatic carbocycles. The molecule has 1 heterocycles. The summed E-state index contributed by atoms with van der Waals surface area (Å²) in [6.07, 6.45) is 8.11. The number of alkyl halides is 3. The van der Waals surface area contributed by atoms with E-state index in [1.807, 2.05) is 0 Å². The molecule has 0 atom stereocenters. The molecule has 10 heteroatoms. The summed E-state index contributed by atoms with van der Waals surface area (Å²) < 4.78 is 72.0. The van der Waals surface area contributed by atoms with Crippen molar-refractivity contribution in [1.82, 2.24) is 0 Å². The zero-order chi connectivity index (χ0) is 30.2. The first-order chi connectivity index (χ1) is 20.6. The molecular formula is C33H28AlF3O5S. The molecule has 220 valence electrons. The van der Waals surface area contributed by atoms with E-state index in [2.05, 4.69) is 72.8 Å². The summed E-state index contributed by atoms with van der Waals surface area (Å²) in [5, 5.41) is 0. The van der Waals surface area contributed by atoms with Crippen molar-refractivity contribution in [2.75, 3.05) is 0 Å². The maximum atomic E-state index is 10.7. The molecule has 0 saturated carbocycles. The number of hydrogen-bond acceptors (Lipinski definition) is 5. The third kappa shape index (κ3) is 6.48. The molecule has 0 spiro atoms. The zero-order valence-corrected chi connectivity index (χ0v) is 25.2. The Labute approximate surface area is 255 Å². The summed E-state index contributed by atoms with van der Waals surface area (Å²) in [5.41, 5.74) is 7.95. The average Bonchev–Trinajstić information content (AvgIpc) is 3.16. The molecule has 8 aliphatic carbocycles. The van der Waals surface area contributed by atoms with Gasteiger partial charge in [-0.15, -0.1) is 0 Å². The van der Waals surface area contributed by atoms with Gasteiger partial charge in [-0.1, -0.05) is 0 Å². The van der Waals surface area contributed by atoms with Crippen molar-refractivity contribution in [3.05, 3.63) is 117 Å². The van der Waals surface area contributed by atoms with Crippen molar-refractivity contribution in [2.24, 2.45) is 0 Å². The molecule has 0 saturated heterocycles. The summed E-state index contributed by atoms with van der Waals surface area (Å²) in [7, 11) is -6.09. The Hall–Kier alpha value is -3.29. The van der Waals surface area contributed by atoms with E-state index in [1.165, 1.54) is 55.6 Å². The van der Waals surface area contributed by atoms with Gasteiger partial charge in [0.25, 0.3) is 0 Å². The molecule has 43 heavy (non-hydrogen) atoms. The van der Waals surface area contributed by atoms with Gasteiger partial charge in [-0.25, -0.2) is 8.42 Å². The Morgan fingerprint density at radius 2 is 0.814 bits per heavy atom. The van der Waals surface area contributed by atoms with Crippen LogP contribution in [-0.2, 0) is 61.5 Å². The summed E-state index contributed by atoms with van der Waals surface area (Å²) in [5.74, 6) is 2.17. The van der Waals surface area contributed by atoms with Gasteiger partial charge in [-0.05, 0) is 0 Å². The number of halogens is 3. The Kier molecular flexibility index (Phi) is 8.31. The van der Waals surface area contributed by atoms with E-state index < -0.39 is 31.5 Å². The summed E-state index contributed by atoms with van der Waals surface area (Å²) in [6, 6.07) is 27.8. The van der Waals surface area contributed by atoms with Gasteiger partial charge >= 0.3 is 220 Å². The van der Waals surface area contributed by atoms with Gasteiger partial charge in [0.2, 0.25) is 0 Å². The molecule has 4 aromatic rings. The van der Waals surface area contributed by atoms with Crippen molar-refractivity contribution in [3.8, 4) is 22.6 Å². The molecule has 5 nitrogen and oxygen atoms in total. The second-order valence-corrected chi connectivity index (χ2v) is 13.1. The van der Waals surface area contributed by atoms with E-state index >= 15 is 0 Å². The fraction of sp³-hybridized carbons (Fsp3) is 0.273. The SMILES string of the molecule is O=S(=O)([O-])C(F)(F)F.c1cc2ccc1CCc1ccc(c3c1[O][Al+][O]c1c4ccc(c1-3)CCc1ccc(cc1)CC4)CC2. The van der Waals surface area contributed by atoms with E-state index in [4.69, 9.17) is 20.5 Å². The monoisotopic (exact) mass is 620 g/mol. The summed E-state index contributed by atoms with van der Waals surface area (Å²) in [6.45, 7) is 0. The van der Waals surface area contributed by atoms with Crippen LogP contribution in [0.1, 0.15) is 44.5 Å². The Balaban J connectivity index is 0.000000365. The summed E-state index contributed by atoms with van der Waals surface area (Å²) >= 11 is -0.596. The molecule has 0 fully saturated rings. The molecule has 0 unspecified atom stereocenters. The molecule has 0 radical (unpaired) electrons. The summed E-state index contributed by atoms with van der Waals surface area (Å²) in [4.78, 5) is 0. The second kappa shape index (κ2) is 12.0. The predicted octanol–water partition coefficient (Wildman–Crippen LogP) is 6.48. The molecule has 9 aliphatic rings. The third-order valence-electron chi connectivity index (χ3n) is 8.29. The van der Waals surface area contributed by atoms with Gasteiger partial charge in [0.05, 0.1) is 0 Å².